The fourth-order valence-electron chi connectivity index (χ4n) is 1.91. The molecule has 0 saturated carbocycles. The van der Waals surface area contributed by atoms with Gasteiger partial charge in [0.25, 0.3) is 0 Å². The Morgan fingerprint density at radius 1 is 1.16 bits per heavy atom. The Morgan fingerprint density at radius 2 is 1.89 bits per heavy atom. The topological polar surface area (TPSA) is 24.5 Å². The van der Waals surface area contributed by atoms with E-state index in [1.807, 2.05) is 12.1 Å². The van der Waals surface area contributed by atoms with Crippen LogP contribution >= 0.6 is 11.6 Å². The summed E-state index contributed by atoms with van der Waals surface area (Å²) in [6.07, 6.45) is 2.42. The molecule has 0 aliphatic heterocycles. The average Bonchev–Trinajstić information content (AvgIpc) is 2.40. The average molecular weight is 285 g/mol. The van der Waals surface area contributed by atoms with Crippen molar-refractivity contribution in [2.75, 3.05) is 40.4 Å². The molecule has 0 aliphatic carbocycles. The maximum absolute atomic E-state index is 5.87. The summed E-state index contributed by atoms with van der Waals surface area (Å²) in [4.78, 5) is 2.35. The second-order valence-corrected chi connectivity index (χ2v) is 5.25. The SMILES string of the molecule is COCCNCCCCN(C)Cc1ccc(Cl)cc1. The van der Waals surface area contributed by atoms with Gasteiger partial charge >= 0.3 is 0 Å². The first kappa shape index (κ1) is 16.4. The molecular formula is C15H25ClN2O. The van der Waals surface area contributed by atoms with Gasteiger partial charge in [0.2, 0.25) is 0 Å². The van der Waals surface area contributed by atoms with Crippen molar-refractivity contribution in [1.82, 2.24) is 10.2 Å². The zero-order valence-corrected chi connectivity index (χ0v) is 12.7. The zero-order chi connectivity index (χ0) is 13.9. The fraction of sp³-hybridized carbons (Fsp3) is 0.600. The quantitative estimate of drug-likeness (QED) is 0.669. The van der Waals surface area contributed by atoms with Gasteiger partial charge in [-0.15, -0.1) is 0 Å². The third-order valence-corrected chi connectivity index (χ3v) is 3.24. The number of halogens is 1. The number of unbranched alkanes of at least 4 members (excludes halogenated alkanes) is 1. The van der Waals surface area contributed by atoms with Crippen molar-refractivity contribution in [2.24, 2.45) is 0 Å². The van der Waals surface area contributed by atoms with Crippen LogP contribution in [-0.4, -0.2) is 45.3 Å². The Balaban J connectivity index is 2.04. The molecule has 0 radical (unpaired) electrons. The van der Waals surface area contributed by atoms with E-state index >= 15 is 0 Å². The molecule has 0 saturated heterocycles. The Hall–Kier alpha value is -0.610. The lowest BCUT2D eigenvalue weighted by atomic mass is 10.2. The predicted octanol–water partition coefficient (Wildman–Crippen LogP) is 2.79. The predicted molar refractivity (Wildman–Crippen MR) is 81.8 cm³/mol. The molecule has 1 aromatic carbocycles. The summed E-state index contributed by atoms with van der Waals surface area (Å²) in [5.41, 5.74) is 1.31. The van der Waals surface area contributed by atoms with E-state index in [-0.39, 0.29) is 0 Å². The maximum Gasteiger partial charge on any atom is 0.0587 e. The smallest absolute Gasteiger partial charge is 0.0587 e. The van der Waals surface area contributed by atoms with Gasteiger partial charge in [-0.05, 0) is 50.7 Å². The summed E-state index contributed by atoms with van der Waals surface area (Å²) >= 11 is 5.87. The summed E-state index contributed by atoms with van der Waals surface area (Å²) in [5, 5.41) is 4.16. The number of hydrogen-bond donors (Lipinski definition) is 1. The number of nitrogens with zero attached hydrogens (tertiary/aromatic N) is 1. The van der Waals surface area contributed by atoms with Gasteiger partial charge in [-0.25, -0.2) is 0 Å². The standard InChI is InChI=1S/C15H25ClN2O/c1-18(11-4-3-9-17-10-12-19-2)13-14-5-7-15(16)8-6-14/h5-8,17H,3-4,9-13H2,1-2H3. The van der Waals surface area contributed by atoms with Crippen LogP contribution in [0.1, 0.15) is 18.4 Å². The zero-order valence-electron chi connectivity index (χ0n) is 12.0. The second-order valence-electron chi connectivity index (χ2n) is 4.81. The molecule has 0 aromatic heterocycles. The molecule has 0 heterocycles. The highest BCUT2D eigenvalue weighted by molar-refractivity contribution is 6.30. The number of rotatable bonds is 10. The lowest BCUT2D eigenvalue weighted by molar-refractivity contribution is 0.199. The molecule has 0 unspecified atom stereocenters. The number of ether oxygens (including phenoxy) is 1. The molecule has 1 aromatic rings. The van der Waals surface area contributed by atoms with Gasteiger partial charge in [-0.1, -0.05) is 23.7 Å². The number of hydrogen-bond acceptors (Lipinski definition) is 3. The minimum absolute atomic E-state index is 0.788. The van der Waals surface area contributed by atoms with Crippen LogP contribution in [0.15, 0.2) is 24.3 Å². The van der Waals surface area contributed by atoms with Gasteiger partial charge < -0.3 is 15.0 Å². The van der Waals surface area contributed by atoms with Crippen molar-refractivity contribution >= 4 is 11.6 Å². The Kier molecular flexibility index (Phi) is 8.84. The van der Waals surface area contributed by atoms with Crippen LogP contribution < -0.4 is 5.32 Å². The molecule has 19 heavy (non-hydrogen) atoms. The van der Waals surface area contributed by atoms with Gasteiger partial charge in [-0.2, -0.15) is 0 Å². The van der Waals surface area contributed by atoms with Gasteiger partial charge in [-0.3, -0.25) is 0 Å². The molecule has 0 spiro atoms. The van der Waals surface area contributed by atoms with Crippen molar-refractivity contribution < 1.29 is 4.74 Å². The molecule has 3 nitrogen and oxygen atoms in total. The largest absolute Gasteiger partial charge is 0.383 e. The lowest BCUT2D eigenvalue weighted by Crippen LogP contribution is -2.23. The van der Waals surface area contributed by atoms with Crippen LogP contribution in [0.2, 0.25) is 5.02 Å². The maximum atomic E-state index is 5.87. The van der Waals surface area contributed by atoms with Crippen molar-refractivity contribution in [3.63, 3.8) is 0 Å². The molecule has 0 bridgehead atoms. The number of nitrogens with one attached hydrogen (secondary N) is 1. The highest BCUT2D eigenvalue weighted by Crippen LogP contribution is 2.11. The third-order valence-electron chi connectivity index (χ3n) is 2.99. The minimum atomic E-state index is 0.788. The summed E-state index contributed by atoms with van der Waals surface area (Å²) in [7, 11) is 3.89. The Bertz CT molecular complexity index is 329. The van der Waals surface area contributed by atoms with E-state index in [2.05, 4.69) is 29.4 Å². The summed E-state index contributed by atoms with van der Waals surface area (Å²) < 4.78 is 4.98. The van der Waals surface area contributed by atoms with Gasteiger partial charge in [0.1, 0.15) is 0 Å². The van der Waals surface area contributed by atoms with E-state index in [1.54, 1.807) is 7.11 Å². The molecule has 1 N–H and O–H groups in total. The molecule has 0 fully saturated rings. The summed E-state index contributed by atoms with van der Waals surface area (Å²) in [5.74, 6) is 0. The van der Waals surface area contributed by atoms with Crippen LogP contribution in [0.5, 0.6) is 0 Å². The molecule has 108 valence electrons. The van der Waals surface area contributed by atoms with E-state index < -0.39 is 0 Å². The van der Waals surface area contributed by atoms with Crippen LogP contribution in [0.4, 0.5) is 0 Å². The summed E-state index contributed by atoms with van der Waals surface area (Å²) in [6.45, 7) is 4.90. The summed E-state index contributed by atoms with van der Waals surface area (Å²) in [6, 6.07) is 8.07. The van der Waals surface area contributed by atoms with Gasteiger partial charge in [0.05, 0.1) is 6.61 Å². The highest BCUT2D eigenvalue weighted by Gasteiger charge is 2.00. The first-order valence-electron chi connectivity index (χ1n) is 6.85. The van der Waals surface area contributed by atoms with E-state index in [0.29, 0.717) is 0 Å². The van der Waals surface area contributed by atoms with Gasteiger partial charge in [0.15, 0.2) is 0 Å². The first-order valence-corrected chi connectivity index (χ1v) is 7.23. The van der Waals surface area contributed by atoms with Crippen LogP contribution in [0, 0.1) is 0 Å². The first-order chi connectivity index (χ1) is 9.22. The normalized spacial score (nSPS) is 11.2. The lowest BCUT2D eigenvalue weighted by Gasteiger charge is -2.16. The van der Waals surface area contributed by atoms with Crippen molar-refractivity contribution in [3.05, 3.63) is 34.9 Å². The number of benzene rings is 1. The highest BCUT2D eigenvalue weighted by atomic mass is 35.5. The van der Waals surface area contributed by atoms with E-state index in [0.717, 1.165) is 37.8 Å². The van der Waals surface area contributed by atoms with Crippen LogP contribution in [-0.2, 0) is 11.3 Å². The molecule has 0 aliphatic rings. The fourth-order valence-corrected chi connectivity index (χ4v) is 2.04. The molecule has 0 atom stereocenters. The molecular weight excluding hydrogens is 260 g/mol. The minimum Gasteiger partial charge on any atom is -0.383 e. The monoisotopic (exact) mass is 284 g/mol. The van der Waals surface area contributed by atoms with Crippen LogP contribution in [0.25, 0.3) is 0 Å². The van der Waals surface area contributed by atoms with Crippen LogP contribution in [0.3, 0.4) is 0 Å². The molecule has 4 heteroatoms. The Labute approximate surface area is 121 Å². The molecule has 0 amide bonds. The van der Waals surface area contributed by atoms with Gasteiger partial charge in [0, 0.05) is 25.2 Å². The third kappa shape index (κ3) is 8.22. The second kappa shape index (κ2) is 10.2. The molecule has 1 rings (SSSR count). The van der Waals surface area contributed by atoms with Crippen molar-refractivity contribution in [1.29, 1.82) is 0 Å². The van der Waals surface area contributed by atoms with E-state index in [9.17, 15) is 0 Å². The van der Waals surface area contributed by atoms with Crippen molar-refractivity contribution in [3.8, 4) is 0 Å². The van der Waals surface area contributed by atoms with E-state index in [4.69, 9.17) is 16.3 Å². The van der Waals surface area contributed by atoms with Crippen molar-refractivity contribution in [2.45, 2.75) is 19.4 Å². The van der Waals surface area contributed by atoms with E-state index in [1.165, 1.54) is 18.4 Å². The number of methoxy groups -OCH3 is 1. The Morgan fingerprint density at radius 3 is 2.58 bits per heavy atom.